The maximum atomic E-state index is 9.15. The Morgan fingerprint density at radius 3 is 1.57 bits per heavy atom. The van der Waals surface area contributed by atoms with Crippen LogP contribution in [0.4, 0.5) is 0 Å². The minimum absolute atomic E-state index is 0.673. The van der Waals surface area contributed by atoms with Gasteiger partial charge in [0.2, 0.25) is 0 Å². The highest BCUT2D eigenvalue weighted by molar-refractivity contribution is 6.28. The molecule has 0 aliphatic carbocycles. The quantitative estimate of drug-likeness (QED) is 0.184. The lowest BCUT2D eigenvalue weighted by Crippen LogP contribution is -1.86. The first-order valence-electron chi connectivity index (χ1n) is 16.5. The molecule has 0 unspecified atom stereocenters. The number of hydrogen-bond donors (Lipinski definition) is 0. The van der Waals surface area contributed by atoms with Gasteiger partial charge in [-0.05, 0) is 131 Å². The second-order valence-corrected chi connectivity index (χ2v) is 12.8. The molecular formula is C47H27NO. The molecule has 0 amide bonds. The van der Waals surface area contributed by atoms with Crippen LogP contribution in [-0.4, -0.2) is 0 Å². The second kappa shape index (κ2) is 10.7. The maximum absolute atomic E-state index is 9.15. The standard InChI is InChI=1S/C47H27NO/c48-28-29-12-14-30(15-13-29)33-16-17-36-24-34(18-19-35(36)23-33)31-6-5-7-32(22-31)37-20-21-40-42(25-37)38-8-1-2-9-39(38)43-26-45-41-10-3-4-11-46(41)49-47(45)27-44(40)43/h1-27H. The third-order valence-corrected chi connectivity index (χ3v) is 10.1. The predicted molar refractivity (Wildman–Crippen MR) is 205 cm³/mol. The Labute approximate surface area is 282 Å². The molecule has 226 valence electrons. The van der Waals surface area contributed by atoms with Gasteiger partial charge in [0.05, 0.1) is 11.6 Å². The van der Waals surface area contributed by atoms with Crippen molar-refractivity contribution in [3.8, 4) is 39.4 Å². The molecule has 0 atom stereocenters. The number of para-hydroxylation sites is 1. The summed E-state index contributed by atoms with van der Waals surface area (Å²) < 4.78 is 6.32. The Kier molecular flexibility index (Phi) is 5.97. The Bertz CT molecular complexity index is 2990. The number of benzene rings is 9. The van der Waals surface area contributed by atoms with E-state index in [1.54, 1.807) is 0 Å². The maximum Gasteiger partial charge on any atom is 0.136 e. The van der Waals surface area contributed by atoms with Crippen LogP contribution in [0.3, 0.4) is 0 Å². The van der Waals surface area contributed by atoms with Crippen LogP contribution in [0.15, 0.2) is 168 Å². The van der Waals surface area contributed by atoms with Gasteiger partial charge in [0.15, 0.2) is 0 Å². The number of hydrogen-bond acceptors (Lipinski definition) is 2. The highest BCUT2D eigenvalue weighted by atomic mass is 16.3. The molecule has 2 nitrogen and oxygen atoms in total. The molecular weight excluding hydrogens is 595 g/mol. The molecule has 0 spiro atoms. The average Bonchev–Trinajstić information content (AvgIpc) is 3.54. The van der Waals surface area contributed by atoms with E-state index in [1.807, 2.05) is 36.4 Å². The zero-order chi connectivity index (χ0) is 32.5. The smallest absolute Gasteiger partial charge is 0.136 e. The molecule has 1 heterocycles. The topological polar surface area (TPSA) is 36.9 Å². The fourth-order valence-electron chi connectivity index (χ4n) is 7.57. The van der Waals surface area contributed by atoms with Crippen molar-refractivity contribution < 1.29 is 4.42 Å². The first kappa shape index (κ1) is 27.4. The first-order chi connectivity index (χ1) is 24.2. The molecule has 10 rings (SSSR count). The lowest BCUT2D eigenvalue weighted by molar-refractivity contribution is 0.669. The van der Waals surface area contributed by atoms with Crippen molar-refractivity contribution >= 4 is 65.0 Å². The van der Waals surface area contributed by atoms with Gasteiger partial charge in [0, 0.05) is 10.8 Å². The van der Waals surface area contributed by atoms with E-state index in [0.29, 0.717) is 5.56 Å². The van der Waals surface area contributed by atoms with Gasteiger partial charge in [-0.2, -0.15) is 5.26 Å². The molecule has 0 saturated heterocycles. The summed E-state index contributed by atoms with van der Waals surface area (Å²) in [4.78, 5) is 0. The normalized spacial score (nSPS) is 11.7. The van der Waals surface area contributed by atoms with Crippen molar-refractivity contribution in [1.29, 1.82) is 5.26 Å². The second-order valence-electron chi connectivity index (χ2n) is 12.8. The molecule has 0 bridgehead atoms. The van der Waals surface area contributed by atoms with E-state index in [2.05, 4.69) is 133 Å². The summed E-state index contributed by atoms with van der Waals surface area (Å²) in [6.07, 6.45) is 0. The summed E-state index contributed by atoms with van der Waals surface area (Å²) in [7, 11) is 0. The van der Waals surface area contributed by atoms with E-state index in [1.165, 1.54) is 65.3 Å². The van der Waals surface area contributed by atoms with Crippen LogP contribution in [0.1, 0.15) is 5.56 Å². The van der Waals surface area contributed by atoms with Gasteiger partial charge in [-0.1, -0.05) is 109 Å². The Balaban J connectivity index is 1.07. The fourth-order valence-corrected chi connectivity index (χ4v) is 7.57. The Hall–Kier alpha value is -6.69. The Morgan fingerprint density at radius 2 is 0.857 bits per heavy atom. The molecule has 0 fully saturated rings. The molecule has 10 aromatic rings. The largest absolute Gasteiger partial charge is 0.456 e. The zero-order valence-electron chi connectivity index (χ0n) is 26.4. The summed E-state index contributed by atoms with van der Waals surface area (Å²) in [5.74, 6) is 0. The molecule has 0 radical (unpaired) electrons. The van der Waals surface area contributed by atoms with Crippen LogP contribution < -0.4 is 0 Å². The van der Waals surface area contributed by atoms with Gasteiger partial charge in [0.25, 0.3) is 0 Å². The van der Waals surface area contributed by atoms with Gasteiger partial charge in [-0.15, -0.1) is 0 Å². The summed E-state index contributed by atoms with van der Waals surface area (Å²) >= 11 is 0. The lowest BCUT2D eigenvalue weighted by atomic mass is 9.90. The third kappa shape index (κ3) is 4.41. The van der Waals surface area contributed by atoms with Gasteiger partial charge < -0.3 is 4.42 Å². The van der Waals surface area contributed by atoms with Crippen LogP contribution in [-0.2, 0) is 0 Å². The monoisotopic (exact) mass is 621 g/mol. The molecule has 0 aliphatic rings. The average molecular weight is 622 g/mol. The lowest BCUT2D eigenvalue weighted by Gasteiger charge is -2.13. The zero-order valence-corrected chi connectivity index (χ0v) is 26.4. The van der Waals surface area contributed by atoms with Crippen molar-refractivity contribution in [3.63, 3.8) is 0 Å². The minimum Gasteiger partial charge on any atom is -0.456 e. The number of nitrogens with zero attached hydrogens (tertiary/aromatic N) is 1. The third-order valence-electron chi connectivity index (χ3n) is 10.1. The minimum atomic E-state index is 0.673. The van der Waals surface area contributed by atoms with Crippen molar-refractivity contribution in [2.45, 2.75) is 0 Å². The number of furan rings is 1. The van der Waals surface area contributed by atoms with E-state index in [9.17, 15) is 0 Å². The van der Waals surface area contributed by atoms with Crippen molar-refractivity contribution in [1.82, 2.24) is 0 Å². The van der Waals surface area contributed by atoms with Crippen LogP contribution in [0.2, 0.25) is 0 Å². The van der Waals surface area contributed by atoms with Gasteiger partial charge in [-0.3, -0.25) is 0 Å². The van der Waals surface area contributed by atoms with Crippen molar-refractivity contribution in [2.75, 3.05) is 0 Å². The van der Waals surface area contributed by atoms with E-state index < -0.39 is 0 Å². The first-order valence-corrected chi connectivity index (χ1v) is 16.5. The molecule has 49 heavy (non-hydrogen) atoms. The number of fused-ring (bicyclic) bond motifs is 10. The molecule has 0 N–H and O–H groups in total. The van der Waals surface area contributed by atoms with Crippen molar-refractivity contribution in [2.24, 2.45) is 0 Å². The van der Waals surface area contributed by atoms with Gasteiger partial charge in [0.1, 0.15) is 11.2 Å². The molecule has 0 saturated carbocycles. The molecule has 0 aliphatic heterocycles. The van der Waals surface area contributed by atoms with Crippen LogP contribution in [0.25, 0.3) is 98.4 Å². The summed E-state index contributed by atoms with van der Waals surface area (Å²) in [6, 6.07) is 60.6. The van der Waals surface area contributed by atoms with Gasteiger partial charge >= 0.3 is 0 Å². The molecule has 2 heteroatoms. The van der Waals surface area contributed by atoms with E-state index in [0.717, 1.165) is 33.1 Å². The predicted octanol–water partition coefficient (Wildman–Crippen LogP) is 13.1. The van der Waals surface area contributed by atoms with E-state index in [4.69, 9.17) is 9.68 Å². The Morgan fingerprint density at radius 1 is 0.327 bits per heavy atom. The van der Waals surface area contributed by atoms with E-state index in [-0.39, 0.29) is 0 Å². The summed E-state index contributed by atoms with van der Waals surface area (Å²) in [6.45, 7) is 0. The summed E-state index contributed by atoms with van der Waals surface area (Å²) in [5.41, 5.74) is 9.52. The van der Waals surface area contributed by atoms with Crippen LogP contribution in [0, 0.1) is 11.3 Å². The SMILES string of the molecule is N#Cc1ccc(-c2ccc3cc(-c4cccc(-c5ccc6c(c5)c5ccccc5c5cc7c(cc65)oc5ccccc57)c4)ccc3c2)cc1. The number of rotatable bonds is 3. The molecule has 1 aromatic heterocycles. The van der Waals surface area contributed by atoms with E-state index >= 15 is 0 Å². The fraction of sp³-hybridized carbons (Fsp3) is 0. The van der Waals surface area contributed by atoms with Crippen LogP contribution >= 0.6 is 0 Å². The number of nitriles is 1. The summed E-state index contributed by atoms with van der Waals surface area (Å²) in [5, 5.41) is 21.3. The van der Waals surface area contributed by atoms with Crippen molar-refractivity contribution in [3.05, 3.63) is 169 Å². The molecule has 9 aromatic carbocycles. The highest BCUT2D eigenvalue weighted by Gasteiger charge is 2.14. The van der Waals surface area contributed by atoms with Gasteiger partial charge in [-0.25, -0.2) is 0 Å². The van der Waals surface area contributed by atoms with Crippen LogP contribution in [0.5, 0.6) is 0 Å². The highest BCUT2D eigenvalue weighted by Crippen LogP contribution is 2.41.